The van der Waals surface area contributed by atoms with Crippen LogP contribution in [-0.2, 0) is 21.7 Å². The zero-order valence-corrected chi connectivity index (χ0v) is 38.5. The van der Waals surface area contributed by atoms with Crippen molar-refractivity contribution in [3.05, 3.63) is 191 Å². The van der Waals surface area contributed by atoms with Crippen LogP contribution in [0.15, 0.2) is 152 Å². The van der Waals surface area contributed by atoms with E-state index in [4.69, 9.17) is 4.74 Å². The standard InChI is InChI=1S/C61H54BNO/c1-58(2,3)36-25-27-51-44(31-36)45-32-38(60(7,8)9)34-50-57(45)63(51)52-29-35(30-54-56(52)62(50)49-33-37(59(4,5)6)26-28-53(49)64-54)39-20-16-21-43-42-19-12-15-24-48(42)61(55(39)43)46-22-13-10-17-40(46)41-18-11-14-23-47(41)61/h10-34,40,46H,1-9H3. The van der Waals surface area contributed by atoms with Gasteiger partial charge in [0.2, 0.25) is 0 Å². The fraction of sp³-hybridized carbons (Fsp3) is 0.246. The molecule has 0 bridgehead atoms. The van der Waals surface area contributed by atoms with E-state index in [0.29, 0.717) is 5.92 Å². The predicted octanol–water partition coefficient (Wildman–Crippen LogP) is 13.4. The minimum Gasteiger partial charge on any atom is -0.458 e. The maximum absolute atomic E-state index is 7.32. The lowest BCUT2D eigenvalue weighted by Gasteiger charge is -2.38. The zero-order valence-electron chi connectivity index (χ0n) is 38.5. The van der Waals surface area contributed by atoms with Crippen LogP contribution < -0.4 is 21.1 Å². The molecule has 3 heteroatoms. The molecule has 1 aromatic heterocycles. The molecule has 0 N–H and O–H groups in total. The van der Waals surface area contributed by atoms with Gasteiger partial charge in [0.05, 0.1) is 10.9 Å². The molecule has 3 heterocycles. The number of rotatable bonds is 1. The molecule has 8 aromatic rings. The van der Waals surface area contributed by atoms with Crippen LogP contribution in [0.3, 0.4) is 0 Å². The number of hydrogen-bond donors (Lipinski definition) is 0. The number of fused-ring (bicyclic) bond motifs is 17. The van der Waals surface area contributed by atoms with Gasteiger partial charge in [-0.25, -0.2) is 0 Å². The minimum absolute atomic E-state index is 0.00696. The number of nitrogens with zero attached hydrogens (tertiary/aromatic N) is 1. The maximum Gasteiger partial charge on any atom is 0.256 e. The third-order valence-electron chi connectivity index (χ3n) is 15.8. The summed E-state index contributed by atoms with van der Waals surface area (Å²) in [6, 6.07) is 49.8. The van der Waals surface area contributed by atoms with Crippen molar-refractivity contribution >= 4 is 44.9 Å². The average molecular weight is 828 g/mol. The highest BCUT2D eigenvalue weighted by Crippen LogP contribution is 2.66. The summed E-state index contributed by atoms with van der Waals surface area (Å²) in [5.41, 5.74) is 22.1. The van der Waals surface area contributed by atoms with Gasteiger partial charge in [0.15, 0.2) is 0 Å². The maximum atomic E-state index is 7.32. The molecular weight excluding hydrogens is 773 g/mol. The van der Waals surface area contributed by atoms with Crippen molar-refractivity contribution in [3.63, 3.8) is 0 Å². The molecule has 2 nitrogen and oxygen atoms in total. The van der Waals surface area contributed by atoms with Crippen LogP contribution in [0, 0.1) is 5.92 Å². The van der Waals surface area contributed by atoms with Gasteiger partial charge in [0.1, 0.15) is 11.5 Å². The molecule has 64 heavy (non-hydrogen) atoms. The second kappa shape index (κ2) is 12.5. The van der Waals surface area contributed by atoms with Crippen molar-refractivity contribution < 1.29 is 4.74 Å². The van der Waals surface area contributed by atoms with Crippen molar-refractivity contribution in [3.8, 4) is 39.4 Å². The quantitative estimate of drug-likeness (QED) is 0.150. The molecule has 13 rings (SSSR count). The molecule has 1 spiro atoms. The highest BCUT2D eigenvalue weighted by Gasteiger charge is 2.58. The highest BCUT2D eigenvalue weighted by atomic mass is 16.5. The van der Waals surface area contributed by atoms with E-state index in [1.54, 1.807) is 0 Å². The number of allylic oxidation sites excluding steroid dienone is 4. The first-order valence-electron chi connectivity index (χ1n) is 23.5. The van der Waals surface area contributed by atoms with Crippen LogP contribution in [0.1, 0.15) is 107 Å². The summed E-state index contributed by atoms with van der Waals surface area (Å²) in [7, 11) is 0. The molecule has 5 aliphatic rings. The number of ether oxygens (including phenoxy) is 1. The Hall–Kier alpha value is -6.32. The van der Waals surface area contributed by atoms with Crippen LogP contribution in [0.5, 0.6) is 11.5 Å². The molecule has 3 unspecified atom stereocenters. The number of benzene rings is 7. The normalized spacial score (nSPS) is 19.7. The summed E-state index contributed by atoms with van der Waals surface area (Å²) >= 11 is 0. The number of hydrogen-bond acceptors (Lipinski definition) is 1. The van der Waals surface area contributed by atoms with Crippen molar-refractivity contribution in [2.45, 2.75) is 89.9 Å². The number of aromatic nitrogens is 1. The molecule has 0 radical (unpaired) electrons. The van der Waals surface area contributed by atoms with Crippen LogP contribution in [-0.4, -0.2) is 11.3 Å². The van der Waals surface area contributed by atoms with Crippen LogP contribution in [0.2, 0.25) is 0 Å². The van der Waals surface area contributed by atoms with E-state index in [2.05, 4.69) is 219 Å². The van der Waals surface area contributed by atoms with Gasteiger partial charge >= 0.3 is 0 Å². The van der Waals surface area contributed by atoms with Crippen LogP contribution >= 0.6 is 0 Å². The van der Waals surface area contributed by atoms with E-state index >= 15 is 0 Å². The third kappa shape index (κ3) is 4.88. The summed E-state index contributed by atoms with van der Waals surface area (Å²) in [4.78, 5) is 0. The monoisotopic (exact) mass is 827 g/mol. The molecular formula is C61H54BNO. The fourth-order valence-corrected chi connectivity index (χ4v) is 12.7. The first-order valence-corrected chi connectivity index (χ1v) is 23.5. The summed E-state index contributed by atoms with van der Waals surface area (Å²) in [6.45, 7) is 21.0. The van der Waals surface area contributed by atoms with E-state index in [-0.39, 0.29) is 34.3 Å². The van der Waals surface area contributed by atoms with Crippen LogP contribution in [0.25, 0.3) is 49.7 Å². The topological polar surface area (TPSA) is 14.2 Å². The molecule has 0 fully saturated rings. The summed E-state index contributed by atoms with van der Waals surface area (Å²) in [5.74, 6) is 2.45. The lowest BCUT2D eigenvalue weighted by Crippen LogP contribution is -2.58. The Balaban J connectivity index is 1.16. The van der Waals surface area contributed by atoms with Gasteiger partial charge in [-0.2, -0.15) is 0 Å². The largest absolute Gasteiger partial charge is 0.458 e. The first-order chi connectivity index (χ1) is 30.6. The third-order valence-corrected chi connectivity index (χ3v) is 15.8. The van der Waals surface area contributed by atoms with Gasteiger partial charge in [-0.15, -0.1) is 0 Å². The molecule has 312 valence electrons. The van der Waals surface area contributed by atoms with E-state index in [1.807, 2.05) is 0 Å². The van der Waals surface area contributed by atoms with Gasteiger partial charge in [-0.1, -0.05) is 178 Å². The predicted molar refractivity (Wildman–Crippen MR) is 270 cm³/mol. The molecule has 0 amide bonds. The Morgan fingerprint density at radius 1 is 0.547 bits per heavy atom. The Morgan fingerprint density at radius 2 is 1.20 bits per heavy atom. The van der Waals surface area contributed by atoms with Gasteiger partial charge in [0, 0.05) is 33.8 Å². The second-order valence-corrected chi connectivity index (χ2v) is 22.5. The Labute approximate surface area is 378 Å². The molecule has 3 aliphatic carbocycles. The lowest BCUT2D eigenvalue weighted by molar-refractivity contribution is 0.466. The van der Waals surface area contributed by atoms with E-state index in [9.17, 15) is 0 Å². The molecule has 0 saturated carbocycles. The molecule has 7 aromatic carbocycles. The SMILES string of the molecule is CC(C)(C)c1ccc2c(c1)B1c3c(cc(-c4cccc5c4C4(c6ccccc6-5)c5ccccc5C5C=CC=CC54)cc3-n3c4ccc(C(C)(C)C)cc4c4cc(C(C)(C)C)cc1c43)O2. The van der Waals surface area contributed by atoms with Crippen LogP contribution in [0.4, 0.5) is 0 Å². The van der Waals surface area contributed by atoms with Gasteiger partial charge < -0.3 is 9.30 Å². The van der Waals surface area contributed by atoms with Crippen molar-refractivity contribution in [1.82, 2.24) is 4.57 Å². The zero-order chi connectivity index (χ0) is 43.8. The lowest BCUT2D eigenvalue weighted by atomic mass is 9.34. The fourth-order valence-electron chi connectivity index (χ4n) is 12.7. The van der Waals surface area contributed by atoms with E-state index in [0.717, 1.165) is 11.5 Å². The molecule has 3 atom stereocenters. The smallest absolute Gasteiger partial charge is 0.256 e. The van der Waals surface area contributed by atoms with E-state index < -0.39 is 0 Å². The second-order valence-electron chi connectivity index (χ2n) is 22.5. The average Bonchev–Trinajstić information content (AvgIpc) is 3.88. The van der Waals surface area contributed by atoms with Gasteiger partial charge in [0.25, 0.3) is 6.71 Å². The Kier molecular flexibility index (Phi) is 7.44. The van der Waals surface area contributed by atoms with Gasteiger partial charge in [-0.3, -0.25) is 0 Å². The Bertz CT molecular complexity index is 3450. The highest BCUT2D eigenvalue weighted by molar-refractivity contribution is 6.99. The molecule has 0 saturated heterocycles. The summed E-state index contributed by atoms with van der Waals surface area (Å²) in [5, 5.41) is 2.65. The summed E-state index contributed by atoms with van der Waals surface area (Å²) in [6.07, 6.45) is 9.48. The van der Waals surface area contributed by atoms with Crippen molar-refractivity contribution in [2.75, 3.05) is 0 Å². The van der Waals surface area contributed by atoms with E-state index in [1.165, 1.54) is 105 Å². The minimum atomic E-state index is -0.357. The van der Waals surface area contributed by atoms with Crippen molar-refractivity contribution in [2.24, 2.45) is 5.92 Å². The Morgan fingerprint density at radius 3 is 2.00 bits per heavy atom. The van der Waals surface area contributed by atoms with Crippen molar-refractivity contribution in [1.29, 1.82) is 0 Å². The molecule has 2 aliphatic heterocycles. The first kappa shape index (κ1) is 38.2. The van der Waals surface area contributed by atoms with Gasteiger partial charge in [-0.05, 0) is 130 Å². The summed E-state index contributed by atoms with van der Waals surface area (Å²) < 4.78 is 9.94.